The number of carbonyl (C=O) groups is 2. The number of rotatable bonds is 5. The Balaban J connectivity index is 1.82. The maximum Gasteiger partial charge on any atom is 0.407 e. The van der Waals surface area contributed by atoms with Crippen molar-refractivity contribution in [2.45, 2.75) is 52.1 Å². The maximum absolute atomic E-state index is 13.2. The van der Waals surface area contributed by atoms with Gasteiger partial charge in [0.15, 0.2) is 0 Å². The summed E-state index contributed by atoms with van der Waals surface area (Å²) >= 11 is 0. The summed E-state index contributed by atoms with van der Waals surface area (Å²) in [7, 11) is 1.31. The SMILES string of the molecule is COC(=O)N[C@H](C(=O)N1C[C@@H](C2CC2)C[C@H]1c1ncc(C)[nH]1)C(C)C. The third kappa shape index (κ3) is 3.80. The van der Waals surface area contributed by atoms with Crippen molar-refractivity contribution < 1.29 is 14.3 Å². The normalized spacial score (nSPS) is 24.4. The second-order valence-corrected chi connectivity index (χ2v) is 7.65. The highest BCUT2D eigenvalue weighted by atomic mass is 16.5. The third-order valence-corrected chi connectivity index (χ3v) is 5.33. The standard InChI is InChI=1S/C18H28N4O3/c1-10(2)15(21-18(24)25-4)17(23)22-9-13(12-5-6-12)7-14(22)16-19-8-11(3)20-16/h8,10,12-15H,5-7,9H2,1-4H3,(H,19,20)(H,21,24)/t13-,14-,15-/m0/s1. The zero-order valence-electron chi connectivity index (χ0n) is 15.4. The molecular formula is C18H28N4O3. The van der Waals surface area contributed by atoms with Crippen molar-refractivity contribution in [1.29, 1.82) is 0 Å². The van der Waals surface area contributed by atoms with Gasteiger partial charge in [-0.25, -0.2) is 9.78 Å². The number of ether oxygens (including phenoxy) is 1. The summed E-state index contributed by atoms with van der Waals surface area (Å²) in [6, 6.07) is -0.642. The molecule has 3 rings (SSSR count). The predicted octanol–water partition coefficient (Wildman–Crippen LogP) is 2.40. The Hall–Kier alpha value is -2.05. The van der Waals surface area contributed by atoms with Crippen LogP contribution < -0.4 is 5.32 Å². The molecule has 0 aromatic carbocycles. The molecule has 2 fully saturated rings. The first-order valence-corrected chi connectivity index (χ1v) is 9.07. The van der Waals surface area contributed by atoms with Gasteiger partial charge < -0.3 is 19.9 Å². The van der Waals surface area contributed by atoms with Crippen molar-refractivity contribution in [3.05, 3.63) is 17.7 Å². The number of amides is 2. The summed E-state index contributed by atoms with van der Waals surface area (Å²) in [6.07, 6.45) is 4.67. The van der Waals surface area contributed by atoms with Gasteiger partial charge in [-0.2, -0.15) is 0 Å². The Morgan fingerprint density at radius 1 is 1.36 bits per heavy atom. The number of methoxy groups -OCH3 is 1. The van der Waals surface area contributed by atoms with E-state index in [1.807, 2.05) is 25.7 Å². The summed E-state index contributed by atoms with van der Waals surface area (Å²) < 4.78 is 4.69. The van der Waals surface area contributed by atoms with Crippen molar-refractivity contribution in [2.24, 2.45) is 17.8 Å². The molecule has 1 aliphatic heterocycles. The number of likely N-dealkylation sites (tertiary alicyclic amines) is 1. The first-order valence-electron chi connectivity index (χ1n) is 9.07. The van der Waals surface area contributed by atoms with Gasteiger partial charge in [-0.05, 0) is 43.9 Å². The van der Waals surface area contributed by atoms with E-state index in [4.69, 9.17) is 0 Å². The van der Waals surface area contributed by atoms with Gasteiger partial charge in [-0.3, -0.25) is 4.79 Å². The summed E-state index contributed by atoms with van der Waals surface area (Å²) in [5, 5.41) is 2.70. The molecule has 25 heavy (non-hydrogen) atoms. The molecule has 2 heterocycles. The second-order valence-electron chi connectivity index (χ2n) is 7.65. The number of nitrogens with one attached hydrogen (secondary N) is 2. The van der Waals surface area contributed by atoms with E-state index in [9.17, 15) is 9.59 Å². The minimum atomic E-state index is -0.594. The van der Waals surface area contributed by atoms with Crippen molar-refractivity contribution in [1.82, 2.24) is 20.2 Å². The zero-order valence-corrected chi connectivity index (χ0v) is 15.4. The summed E-state index contributed by atoms with van der Waals surface area (Å²) in [4.78, 5) is 34.5. The van der Waals surface area contributed by atoms with Crippen molar-refractivity contribution in [2.75, 3.05) is 13.7 Å². The Morgan fingerprint density at radius 3 is 2.60 bits per heavy atom. The van der Waals surface area contributed by atoms with Crippen LogP contribution in [0.3, 0.4) is 0 Å². The van der Waals surface area contributed by atoms with E-state index < -0.39 is 12.1 Å². The Labute approximate surface area is 148 Å². The van der Waals surface area contributed by atoms with Crippen LogP contribution in [0.4, 0.5) is 4.79 Å². The summed E-state index contributed by atoms with van der Waals surface area (Å²) in [5.74, 6) is 2.01. The first-order chi connectivity index (χ1) is 11.9. The number of alkyl carbamates (subject to hydrolysis) is 1. The Kier molecular flexibility index (Phi) is 5.01. The molecule has 1 saturated carbocycles. The van der Waals surface area contributed by atoms with Crippen LogP contribution in [0.15, 0.2) is 6.20 Å². The van der Waals surface area contributed by atoms with Gasteiger partial charge in [-0.1, -0.05) is 13.8 Å². The fourth-order valence-corrected chi connectivity index (χ4v) is 3.76. The molecule has 2 amide bonds. The van der Waals surface area contributed by atoms with Crippen molar-refractivity contribution in [3.8, 4) is 0 Å². The van der Waals surface area contributed by atoms with Crippen LogP contribution in [0, 0.1) is 24.7 Å². The predicted molar refractivity (Wildman–Crippen MR) is 92.8 cm³/mol. The van der Waals surface area contributed by atoms with E-state index in [2.05, 4.69) is 20.0 Å². The van der Waals surface area contributed by atoms with Gasteiger partial charge in [0, 0.05) is 18.4 Å². The number of aromatic nitrogens is 2. The number of carbonyl (C=O) groups excluding carboxylic acids is 2. The van der Waals surface area contributed by atoms with Crippen LogP contribution in [0.5, 0.6) is 0 Å². The second kappa shape index (κ2) is 7.06. The van der Waals surface area contributed by atoms with Gasteiger partial charge in [0.2, 0.25) is 5.91 Å². The fraction of sp³-hybridized carbons (Fsp3) is 0.722. The van der Waals surface area contributed by atoms with Crippen LogP contribution in [0.2, 0.25) is 0 Å². The number of hydrogen-bond acceptors (Lipinski definition) is 4. The zero-order chi connectivity index (χ0) is 18.1. The highest BCUT2D eigenvalue weighted by molar-refractivity contribution is 5.86. The average molecular weight is 348 g/mol. The number of aryl methyl sites for hydroxylation is 1. The van der Waals surface area contributed by atoms with Gasteiger partial charge in [0.1, 0.15) is 11.9 Å². The third-order valence-electron chi connectivity index (χ3n) is 5.33. The highest BCUT2D eigenvalue weighted by Gasteiger charge is 2.45. The Morgan fingerprint density at radius 2 is 2.08 bits per heavy atom. The molecule has 0 bridgehead atoms. The molecule has 1 saturated heterocycles. The molecule has 0 radical (unpaired) electrons. The lowest BCUT2D eigenvalue weighted by molar-refractivity contribution is -0.135. The minimum absolute atomic E-state index is 0.0226. The molecule has 7 heteroatoms. The smallest absolute Gasteiger partial charge is 0.407 e. The van der Waals surface area contributed by atoms with E-state index in [0.717, 1.165) is 30.4 Å². The molecule has 2 N–H and O–H groups in total. The quantitative estimate of drug-likeness (QED) is 0.855. The number of imidazole rings is 1. The van der Waals surface area contributed by atoms with E-state index >= 15 is 0 Å². The number of H-pyrrole nitrogens is 1. The topological polar surface area (TPSA) is 87.3 Å². The van der Waals surface area contributed by atoms with Crippen LogP contribution in [-0.4, -0.2) is 46.6 Å². The highest BCUT2D eigenvalue weighted by Crippen LogP contribution is 2.47. The lowest BCUT2D eigenvalue weighted by Crippen LogP contribution is -2.51. The van der Waals surface area contributed by atoms with Crippen molar-refractivity contribution in [3.63, 3.8) is 0 Å². The number of nitrogens with zero attached hydrogens (tertiary/aromatic N) is 2. The maximum atomic E-state index is 13.2. The minimum Gasteiger partial charge on any atom is -0.453 e. The van der Waals surface area contributed by atoms with Crippen LogP contribution in [0.25, 0.3) is 0 Å². The van der Waals surface area contributed by atoms with Gasteiger partial charge >= 0.3 is 6.09 Å². The summed E-state index contributed by atoms with van der Waals surface area (Å²) in [5.41, 5.74) is 0.991. The largest absolute Gasteiger partial charge is 0.453 e. The molecule has 0 spiro atoms. The molecule has 7 nitrogen and oxygen atoms in total. The van der Waals surface area contributed by atoms with E-state index in [1.165, 1.54) is 20.0 Å². The molecule has 3 atom stereocenters. The molecule has 1 aromatic rings. The fourth-order valence-electron chi connectivity index (χ4n) is 3.76. The van der Waals surface area contributed by atoms with Crippen LogP contribution in [-0.2, 0) is 9.53 Å². The summed E-state index contributed by atoms with van der Waals surface area (Å²) in [6.45, 7) is 6.56. The average Bonchev–Trinajstić information content (AvgIpc) is 3.19. The van der Waals surface area contributed by atoms with Gasteiger partial charge in [0.25, 0.3) is 0 Å². The van der Waals surface area contributed by atoms with Gasteiger partial charge in [-0.15, -0.1) is 0 Å². The molecule has 1 aliphatic carbocycles. The van der Waals surface area contributed by atoms with Crippen LogP contribution >= 0.6 is 0 Å². The molecular weight excluding hydrogens is 320 g/mol. The lowest BCUT2D eigenvalue weighted by Gasteiger charge is -2.30. The molecule has 1 aromatic heterocycles. The lowest BCUT2D eigenvalue weighted by atomic mass is 10.0. The van der Waals surface area contributed by atoms with Crippen molar-refractivity contribution >= 4 is 12.0 Å². The van der Waals surface area contributed by atoms with E-state index in [0.29, 0.717) is 5.92 Å². The van der Waals surface area contributed by atoms with Gasteiger partial charge in [0.05, 0.1) is 13.2 Å². The first kappa shape index (κ1) is 17.8. The van der Waals surface area contributed by atoms with E-state index in [-0.39, 0.29) is 17.9 Å². The number of aromatic amines is 1. The molecule has 0 unspecified atom stereocenters. The molecule has 2 aliphatic rings. The monoisotopic (exact) mass is 348 g/mol. The molecule has 138 valence electrons. The van der Waals surface area contributed by atoms with E-state index in [1.54, 1.807) is 6.20 Å². The number of hydrogen-bond donors (Lipinski definition) is 2. The Bertz CT molecular complexity index is 638. The van der Waals surface area contributed by atoms with Crippen LogP contribution in [0.1, 0.15) is 50.7 Å².